The van der Waals surface area contributed by atoms with Crippen molar-refractivity contribution in [2.45, 2.75) is 12.2 Å². The van der Waals surface area contributed by atoms with Gasteiger partial charge in [0.1, 0.15) is 23.7 Å². The molecule has 0 saturated heterocycles. The minimum Gasteiger partial charge on any atom is -0.480 e. The van der Waals surface area contributed by atoms with Crippen LogP contribution in [-0.4, -0.2) is 66.7 Å². The smallest absolute Gasteiger partial charge is 0.337 e. The standard InChI is InChI=1S/2C16H12N2O5.Ni/c2*19-13-10-5-1-2-6-11(10)23-15(22)16(13,14(20)21)9-18-12-7-3-4-8-17-12;/h2*1-9,13,19H,(H,20,21);. The Morgan fingerprint density at radius 1 is 0.638 bits per heavy atom. The van der Waals surface area contributed by atoms with Crippen LogP contribution in [0.25, 0.3) is 0 Å². The van der Waals surface area contributed by atoms with E-state index in [0.29, 0.717) is 0 Å². The van der Waals surface area contributed by atoms with Crippen LogP contribution in [0.2, 0.25) is 0 Å². The molecule has 2 aliphatic heterocycles. The maximum absolute atomic E-state index is 12.3. The summed E-state index contributed by atoms with van der Waals surface area (Å²) in [6.07, 6.45) is 1.46. The molecular formula is C32H24N4NiO10. The molecule has 4 atom stereocenters. The van der Waals surface area contributed by atoms with Crippen LogP contribution in [0.15, 0.2) is 107 Å². The number of fused-ring (bicyclic) bond motifs is 2. The third-order valence-corrected chi connectivity index (χ3v) is 7.18. The maximum Gasteiger partial charge on any atom is 0.337 e. The van der Waals surface area contributed by atoms with Crippen LogP contribution >= 0.6 is 0 Å². The summed E-state index contributed by atoms with van der Waals surface area (Å²) in [6, 6.07) is 22.2. The van der Waals surface area contributed by atoms with Crippen molar-refractivity contribution in [2.75, 3.05) is 0 Å². The number of hydrogen-bond acceptors (Lipinski definition) is 12. The Kier molecular flexibility index (Phi) is 10.4. The van der Waals surface area contributed by atoms with Crippen LogP contribution in [-0.2, 0) is 35.7 Å². The molecule has 0 saturated carbocycles. The Labute approximate surface area is 276 Å². The maximum atomic E-state index is 12.3. The van der Waals surface area contributed by atoms with Crippen LogP contribution in [0.1, 0.15) is 23.3 Å². The van der Waals surface area contributed by atoms with E-state index in [9.17, 15) is 39.6 Å². The van der Waals surface area contributed by atoms with Crippen molar-refractivity contribution in [3.63, 3.8) is 0 Å². The number of aliphatic hydroxyl groups is 2. The third-order valence-electron chi connectivity index (χ3n) is 7.18. The Morgan fingerprint density at radius 2 is 1.00 bits per heavy atom. The molecule has 2 aromatic heterocycles. The van der Waals surface area contributed by atoms with E-state index < -0.39 is 46.9 Å². The molecule has 0 bridgehead atoms. The molecule has 4 unspecified atom stereocenters. The summed E-state index contributed by atoms with van der Waals surface area (Å²) < 4.78 is 10.2. The van der Waals surface area contributed by atoms with Crippen LogP contribution in [0.5, 0.6) is 11.5 Å². The predicted octanol–water partition coefficient (Wildman–Crippen LogP) is 3.01. The second-order valence-corrected chi connectivity index (χ2v) is 9.90. The van der Waals surface area contributed by atoms with Crippen molar-refractivity contribution in [1.82, 2.24) is 9.97 Å². The Balaban J connectivity index is 0.000000208. The van der Waals surface area contributed by atoms with Gasteiger partial charge in [0.2, 0.25) is 10.8 Å². The number of ether oxygens (including phenoxy) is 2. The van der Waals surface area contributed by atoms with Gasteiger partial charge in [-0.3, -0.25) is 9.59 Å². The van der Waals surface area contributed by atoms with Gasteiger partial charge in [-0.2, -0.15) is 0 Å². The molecule has 4 N–H and O–H groups in total. The van der Waals surface area contributed by atoms with Gasteiger partial charge in [-0.05, 0) is 36.4 Å². The van der Waals surface area contributed by atoms with E-state index in [1.807, 2.05) is 0 Å². The van der Waals surface area contributed by atoms with Gasteiger partial charge in [-0.25, -0.2) is 29.5 Å². The van der Waals surface area contributed by atoms with E-state index in [4.69, 9.17) is 9.47 Å². The molecule has 242 valence electrons. The molecule has 0 radical (unpaired) electrons. The second kappa shape index (κ2) is 14.2. The number of carboxylic acids is 2. The van der Waals surface area contributed by atoms with Crippen molar-refractivity contribution in [3.8, 4) is 11.5 Å². The summed E-state index contributed by atoms with van der Waals surface area (Å²) in [5.41, 5.74) is -4.23. The van der Waals surface area contributed by atoms with Gasteiger partial charge in [0, 0.05) is 52.4 Å². The number of nitrogens with zero attached hydrogens (tertiary/aromatic N) is 4. The molecule has 14 nitrogen and oxygen atoms in total. The van der Waals surface area contributed by atoms with E-state index >= 15 is 0 Å². The summed E-state index contributed by atoms with van der Waals surface area (Å²) in [5.74, 6) is -4.61. The van der Waals surface area contributed by atoms with E-state index in [1.165, 1.54) is 36.7 Å². The molecule has 6 rings (SSSR count). The zero-order chi connectivity index (χ0) is 32.9. The number of benzene rings is 2. The number of aliphatic carboxylic acids is 2. The number of pyridine rings is 2. The number of esters is 2. The average molecular weight is 683 g/mol. The summed E-state index contributed by atoms with van der Waals surface area (Å²) in [4.78, 5) is 63.8. The summed E-state index contributed by atoms with van der Waals surface area (Å²) in [6.45, 7) is 0. The SMILES string of the molecule is O=C(O)C1(C=Nc2ccccn2)C(=O)Oc2ccccc2C1O.O=C(O)C1(C=Nc2ccccn2)C(=O)Oc2ccccc2C1O.[Ni]. The molecule has 47 heavy (non-hydrogen) atoms. The van der Waals surface area contributed by atoms with Crippen LogP contribution in [0.4, 0.5) is 11.6 Å². The zero-order valence-corrected chi connectivity index (χ0v) is 24.9. The van der Waals surface area contributed by atoms with Crippen molar-refractivity contribution in [1.29, 1.82) is 0 Å². The number of aliphatic hydroxyl groups excluding tert-OH is 2. The van der Waals surface area contributed by atoms with E-state index in [-0.39, 0.29) is 50.8 Å². The summed E-state index contributed by atoms with van der Waals surface area (Å²) >= 11 is 0. The summed E-state index contributed by atoms with van der Waals surface area (Å²) in [7, 11) is 0. The fourth-order valence-electron chi connectivity index (χ4n) is 4.64. The second-order valence-electron chi connectivity index (χ2n) is 9.90. The Bertz CT molecular complexity index is 1720. The van der Waals surface area contributed by atoms with Crippen LogP contribution in [0, 0.1) is 10.8 Å². The Morgan fingerprint density at radius 3 is 1.34 bits per heavy atom. The number of rotatable bonds is 6. The Hall–Kier alpha value is -5.63. The monoisotopic (exact) mass is 682 g/mol. The van der Waals surface area contributed by atoms with E-state index in [2.05, 4.69) is 20.0 Å². The number of hydrogen-bond donors (Lipinski definition) is 4. The minimum absolute atomic E-state index is 0. The van der Waals surface area contributed by atoms with Crippen LogP contribution < -0.4 is 9.47 Å². The first kappa shape index (κ1) is 34.3. The topological polar surface area (TPSA) is 218 Å². The number of carboxylic acid groups (broad SMARTS) is 2. The minimum atomic E-state index is -2.33. The fraction of sp³-hybridized carbons (Fsp3) is 0.125. The van der Waals surface area contributed by atoms with Crippen molar-refractivity contribution in [2.24, 2.45) is 20.8 Å². The first-order valence-corrected chi connectivity index (χ1v) is 13.5. The van der Waals surface area contributed by atoms with Crippen molar-refractivity contribution < 1.29 is 65.6 Å². The molecule has 2 aliphatic rings. The number of aliphatic imine (C=N–C) groups is 2. The number of para-hydroxylation sites is 2. The van der Waals surface area contributed by atoms with Gasteiger partial charge in [0.25, 0.3) is 0 Å². The first-order valence-electron chi connectivity index (χ1n) is 13.5. The molecule has 0 spiro atoms. The molecule has 2 aromatic carbocycles. The third kappa shape index (κ3) is 6.40. The number of carbonyl (C=O) groups excluding carboxylic acids is 2. The first-order chi connectivity index (χ1) is 22.1. The molecule has 0 fully saturated rings. The van der Waals surface area contributed by atoms with Gasteiger partial charge < -0.3 is 29.9 Å². The van der Waals surface area contributed by atoms with Gasteiger partial charge in [-0.15, -0.1) is 0 Å². The largest absolute Gasteiger partial charge is 0.480 e. The van der Waals surface area contributed by atoms with Crippen LogP contribution in [0.3, 0.4) is 0 Å². The molecule has 4 heterocycles. The van der Waals surface area contributed by atoms with Crippen molar-refractivity contribution >= 4 is 47.9 Å². The number of carbonyl (C=O) groups is 4. The predicted molar refractivity (Wildman–Crippen MR) is 159 cm³/mol. The van der Waals surface area contributed by atoms with Gasteiger partial charge in [-0.1, -0.05) is 48.5 Å². The molecule has 0 amide bonds. The van der Waals surface area contributed by atoms with Crippen molar-refractivity contribution in [3.05, 3.63) is 108 Å². The van der Waals surface area contributed by atoms with Gasteiger partial charge >= 0.3 is 23.9 Å². The molecule has 0 aliphatic carbocycles. The molecule has 4 aromatic rings. The van der Waals surface area contributed by atoms with E-state index in [1.54, 1.807) is 60.7 Å². The average Bonchev–Trinajstić information content (AvgIpc) is 3.06. The normalized spacial score (nSPS) is 22.9. The molecule has 15 heteroatoms. The number of aromatic nitrogens is 2. The summed E-state index contributed by atoms with van der Waals surface area (Å²) in [5, 5.41) is 40.1. The van der Waals surface area contributed by atoms with Gasteiger partial charge in [0.05, 0.1) is 0 Å². The van der Waals surface area contributed by atoms with Gasteiger partial charge in [0.15, 0.2) is 11.6 Å². The quantitative estimate of drug-likeness (QED) is 0.0758. The van der Waals surface area contributed by atoms with E-state index in [0.717, 1.165) is 12.4 Å². The molecular weight excluding hydrogens is 659 g/mol. The zero-order valence-electron chi connectivity index (χ0n) is 23.9. The fourth-order valence-corrected chi connectivity index (χ4v) is 4.64.